The van der Waals surface area contributed by atoms with Crippen molar-refractivity contribution in [2.75, 3.05) is 19.6 Å². The number of imidazole rings is 1. The van der Waals surface area contributed by atoms with Gasteiger partial charge in [0, 0.05) is 41.4 Å². The summed E-state index contributed by atoms with van der Waals surface area (Å²) in [5.41, 5.74) is 0.927. The topological polar surface area (TPSA) is 89.1 Å². The van der Waals surface area contributed by atoms with Gasteiger partial charge in [-0.15, -0.1) is 0 Å². The maximum absolute atomic E-state index is 12.4. The number of rotatable bonds is 8. The van der Waals surface area contributed by atoms with Crippen molar-refractivity contribution in [1.82, 2.24) is 29.9 Å². The van der Waals surface area contributed by atoms with E-state index in [9.17, 15) is 4.79 Å². The minimum Gasteiger partial charge on any atom is -0.356 e. The van der Waals surface area contributed by atoms with Crippen molar-refractivity contribution in [3.05, 3.63) is 53.3 Å². The zero-order valence-corrected chi connectivity index (χ0v) is 18.3. The Hall–Kier alpha value is -2.52. The van der Waals surface area contributed by atoms with Crippen LogP contribution in [0.4, 0.5) is 0 Å². The Morgan fingerprint density at radius 2 is 2.03 bits per heavy atom. The van der Waals surface area contributed by atoms with Crippen LogP contribution in [0.1, 0.15) is 25.2 Å². The van der Waals surface area contributed by atoms with E-state index >= 15 is 0 Å². The summed E-state index contributed by atoms with van der Waals surface area (Å²) in [5, 5.41) is 7.16. The van der Waals surface area contributed by atoms with Crippen molar-refractivity contribution in [3.8, 4) is 11.4 Å². The van der Waals surface area contributed by atoms with Crippen molar-refractivity contribution in [2.24, 2.45) is 5.92 Å². The van der Waals surface area contributed by atoms with Gasteiger partial charge in [-0.25, -0.2) is 4.98 Å². The number of carbonyl (C=O) groups is 1. The van der Waals surface area contributed by atoms with E-state index in [2.05, 4.69) is 41.3 Å². The molecule has 1 aliphatic heterocycles. The number of hydrogen-bond acceptors (Lipinski definition) is 6. The van der Waals surface area contributed by atoms with Gasteiger partial charge in [-0.2, -0.15) is 4.98 Å². The smallest absolute Gasteiger partial charge is 0.241 e. The molecule has 0 aliphatic carbocycles. The Labute approximate surface area is 183 Å². The molecule has 3 aromatic rings. The van der Waals surface area contributed by atoms with Crippen LogP contribution in [0.15, 0.2) is 52.0 Å². The Kier molecular flexibility index (Phi) is 6.91. The summed E-state index contributed by atoms with van der Waals surface area (Å²) in [5.74, 6) is 1.45. The van der Waals surface area contributed by atoms with E-state index in [4.69, 9.17) is 4.52 Å². The van der Waals surface area contributed by atoms with Crippen LogP contribution in [0.2, 0.25) is 0 Å². The summed E-state index contributed by atoms with van der Waals surface area (Å²) in [6, 6.07) is 7.83. The molecule has 1 aromatic carbocycles. The standard InChI is InChI=1S/C21H25BrN6O2/c22-18-4-2-16(3-5-18)20-25-19(30-26-20)14-27-11-6-17(7-12-27)21(29)24-8-1-10-28-13-9-23-15-28/h2-5,9,13,15,17H,1,6-8,10-12,14H2,(H,24,29). The number of amides is 1. The number of nitrogens with zero attached hydrogens (tertiary/aromatic N) is 5. The van der Waals surface area contributed by atoms with Crippen molar-refractivity contribution in [1.29, 1.82) is 0 Å². The zero-order valence-electron chi connectivity index (χ0n) is 16.7. The molecule has 1 fully saturated rings. The highest BCUT2D eigenvalue weighted by Gasteiger charge is 2.25. The highest BCUT2D eigenvalue weighted by atomic mass is 79.9. The molecular weight excluding hydrogens is 448 g/mol. The lowest BCUT2D eigenvalue weighted by Crippen LogP contribution is -2.40. The maximum Gasteiger partial charge on any atom is 0.241 e. The number of aryl methyl sites for hydroxylation is 1. The van der Waals surface area contributed by atoms with E-state index in [1.807, 2.05) is 35.0 Å². The average Bonchev–Trinajstić information content (AvgIpc) is 3.44. The predicted molar refractivity (Wildman–Crippen MR) is 115 cm³/mol. The fraction of sp³-hybridized carbons (Fsp3) is 0.429. The summed E-state index contributed by atoms with van der Waals surface area (Å²) >= 11 is 3.43. The SMILES string of the molecule is O=C(NCCCn1ccnc1)C1CCN(Cc2nc(-c3ccc(Br)cc3)no2)CC1. The molecule has 9 heteroatoms. The second-order valence-corrected chi connectivity index (χ2v) is 8.43. The number of piperidine rings is 1. The molecule has 0 radical (unpaired) electrons. The number of carbonyl (C=O) groups excluding carboxylic acids is 1. The number of hydrogen-bond donors (Lipinski definition) is 1. The van der Waals surface area contributed by atoms with Crippen LogP contribution in [-0.2, 0) is 17.9 Å². The van der Waals surface area contributed by atoms with E-state index in [1.165, 1.54) is 0 Å². The molecular formula is C21H25BrN6O2. The molecule has 30 heavy (non-hydrogen) atoms. The van der Waals surface area contributed by atoms with E-state index < -0.39 is 0 Å². The number of benzene rings is 1. The molecule has 1 saturated heterocycles. The predicted octanol–water partition coefficient (Wildman–Crippen LogP) is 3.11. The molecule has 8 nitrogen and oxygen atoms in total. The van der Waals surface area contributed by atoms with Gasteiger partial charge in [0.05, 0.1) is 12.9 Å². The normalized spacial score (nSPS) is 15.4. The van der Waals surface area contributed by atoms with Gasteiger partial charge >= 0.3 is 0 Å². The van der Waals surface area contributed by atoms with Gasteiger partial charge in [-0.05, 0) is 56.6 Å². The first-order chi connectivity index (χ1) is 14.7. The lowest BCUT2D eigenvalue weighted by atomic mass is 9.96. The molecule has 0 spiro atoms. The third-order valence-electron chi connectivity index (χ3n) is 5.34. The Bertz CT molecular complexity index is 933. The van der Waals surface area contributed by atoms with E-state index in [1.54, 1.807) is 12.5 Å². The summed E-state index contributed by atoms with van der Waals surface area (Å²) in [6.07, 6.45) is 8.09. The monoisotopic (exact) mass is 472 g/mol. The third kappa shape index (κ3) is 5.54. The lowest BCUT2D eigenvalue weighted by Gasteiger charge is -2.30. The highest BCUT2D eigenvalue weighted by Crippen LogP contribution is 2.21. The quantitative estimate of drug-likeness (QED) is 0.506. The number of likely N-dealkylation sites (tertiary alicyclic amines) is 1. The van der Waals surface area contributed by atoms with E-state index in [0.29, 0.717) is 24.8 Å². The number of halogens is 1. The van der Waals surface area contributed by atoms with Crippen LogP contribution >= 0.6 is 15.9 Å². The van der Waals surface area contributed by atoms with Crippen LogP contribution in [0.25, 0.3) is 11.4 Å². The zero-order chi connectivity index (χ0) is 20.8. The molecule has 1 amide bonds. The number of aromatic nitrogens is 4. The average molecular weight is 473 g/mol. The van der Waals surface area contributed by atoms with Crippen molar-refractivity contribution >= 4 is 21.8 Å². The molecule has 1 aliphatic rings. The molecule has 0 bridgehead atoms. The lowest BCUT2D eigenvalue weighted by molar-refractivity contribution is -0.126. The van der Waals surface area contributed by atoms with Gasteiger partial charge in [0.25, 0.3) is 0 Å². The molecule has 158 valence electrons. The summed E-state index contributed by atoms with van der Waals surface area (Å²) in [4.78, 5) is 23.2. The maximum atomic E-state index is 12.4. The van der Waals surface area contributed by atoms with Gasteiger partial charge < -0.3 is 14.4 Å². The van der Waals surface area contributed by atoms with E-state index in [0.717, 1.165) is 48.9 Å². The Balaban J connectivity index is 1.18. The first kappa shape index (κ1) is 20.7. The fourth-order valence-electron chi connectivity index (χ4n) is 3.62. The molecule has 0 atom stereocenters. The second kappa shape index (κ2) is 9.99. The van der Waals surface area contributed by atoms with Gasteiger partial charge in [-0.3, -0.25) is 9.69 Å². The minimum atomic E-state index is 0.0792. The van der Waals surface area contributed by atoms with Gasteiger partial charge in [0.2, 0.25) is 17.6 Å². The minimum absolute atomic E-state index is 0.0792. The van der Waals surface area contributed by atoms with Crippen LogP contribution in [0.3, 0.4) is 0 Å². The van der Waals surface area contributed by atoms with Gasteiger partial charge in [0.15, 0.2) is 0 Å². The molecule has 2 aromatic heterocycles. The molecule has 3 heterocycles. The van der Waals surface area contributed by atoms with Crippen LogP contribution in [-0.4, -0.2) is 50.1 Å². The van der Waals surface area contributed by atoms with Gasteiger partial charge in [0.1, 0.15) is 0 Å². The fourth-order valence-corrected chi connectivity index (χ4v) is 3.88. The first-order valence-corrected chi connectivity index (χ1v) is 11.0. The van der Waals surface area contributed by atoms with Crippen LogP contribution in [0.5, 0.6) is 0 Å². The molecule has 0 saturated carbocycles. The number of nitrogens with one attached hydrogen (secondary N) is 1. The van der Waals surface area contributed by atoms with Crippen molar-refractivity contribution in [2.45, 2.75) is 32.4 Å². The summed E-state index contributed by atoms with van der Waals surface area (Å²) in [6.45, 7) is 3.87. The van der Waals surface area contributed by atoms with Crippen molar-refractivity contribution < 1.29 is 9.32 Å². The second-order valence-electron chi connectivity index (χ2n) is 7.51. The Morgan fingerprint density at radius 3 is 2.77 bits per heavy atom. The third-order valence-corrected chi connectivity index (χ3v) is 5.87. The summed E-state index contributed by atoms with van der Waals surface area (Å²) < 4.78 is 8.45. The molecule has 0 unspecified atom stereocenters. The Morgan fingerprint density at radius 1 is 1.23 bits per heavy atom. The van der Waals surface area contributed by atoms with E-state index in [-0.39, 0.29) is 11.8 Å². The largest absolute Gasteiger partial charge is 0.356 e. The molecule has 1 N–H and O–H groups in total. The summed E-state index contributed by atoms with van der Waals surface area (Å²) in [7, 11) is 0. The van der Waals surface area contributed by atoms with Crippen LogP contribution in [0, 0.1) is 5.92 Å². The van der Waals surface area contributed by atoms with Crippen molar-refractivity contribution in [3.63, 3.8) is 0 Å². The van der Waals surface area contributed by atoms with Crippen LogP contribution < -0.4 is 5.32 Å². The molecule has 4 rings (SSSR count). The first-order valence-electron chi connectivity index (χ1n) is 10.2. The van der Waals surface area contributed by atoms with Gasteiger partial charge in [-0.1, -0.05) is 21.1 Å². The highest BCUT2D eigenvalue weighted by molar-refractivity contribution is 9.10.